The summed E-state index contributed by atoms with van der Waals surface area (Å²) in [7, 11) is 1.88. The molecule has 30 heavy (non-hydrogen) atoms. The fourth-order valence-corrected chi connectivity index (χ4v) is 3.65. The number of ether oxygens (including phenoxy) is 1. The number of hydrogen-bond acceptors (Lipinski definition) is 7. The molecule has 0 aliphatic carbocycles. The van der Waals surface area contributed by atoms with Crippen LogP contribution in [-0.2, 0) is 13.5 Å². The summed E-state index contributed by atoms with van der Waals surface area (Å²) in [4.78, 5) is 17.7. The number of nitrogens with zero attached hydrogens (tertiary/aromatic N) is 6. The van der Waals surface area contributed by atoms with Crippen molar-refractivity contribution in [1.82, 2.24) is 29.7 Å². The average Bonchev–Trinajstić information content (AvgIpc) is 3.38. The fraction of sp³-hybridized carbons (Fsp3) is 0.286. The van der Waals surface area contributed by atoms with E-state index in [2.05, 4.69) is 37.3 Å². The van der Waals surface area contributed by atoms with Crippen LogP contribution < -0.4 is 10.1 Å². The van der Waals surface area contributed by atoms with E-state index in [-0.39, 0.29) is 19.4 Å². The van der Waals surface area contributed by atoms with Crippen molar-refractivity contribution in [1.29, 1.82) is 0 Å². The van der Waals surface area contributed by atoms with Gasteiger partial charge in [0.15, 0.2) is 5.65 Å². The number of aromatic nitrogens is 6. The maximum absolute atomic E-state index is 5.79. The SMILES string of the molecule is C[C@H](CNc1cc(-c2cnc3c(cnn3C)c2)ncn1)c1ccnc2c1OCC2.S. The number of hydrogen-bond donors (Lipinski definition) is 1. The Hall–Kier alpha value is -3.20. The van der Waals surface area contributed by atoms with E-state index in [1.54, 1.807) is 11.0 Å². The summed E-state index contributed by atoms with van der Waals surface area (Å²) in [5.41, 5.74) is 4.84. The molecule has 0 bridgehead atoms. The van der Waals surface area contributed by atoms with Crippen molar-refractivity contribution in [3.8, 4) is 17.0 Å². The molecular formula is C21H23N7OS. The van der Waals surface area contributed by atoms with Gasteiger partial charge < -0.3 is 10.1 Å². The zero-order valence-corrected chi connectivity index (χ0v) is 17.8. The van der Waals surface area contributed by atoms with Gasteiger partial charge in [0.05, 0.1) is 24.2 Å². The molecule has 8 nitrogen and oxygen atoms in total. The Kier molecular flexibility index (Phi) is 5.54. The van der Waals surface area contributed by atoms with Gasteiger partial charge >= 0.3 is 0 Å². The molecule has 154 valence electrons. The third kappa shape index (κ3) is 3.68. The molecule has 4 aromatic rings. The summed E-state index contributed by atoms with van der Waals surface area (Å²) >= 11 is 0. The Balaban J connectivity index is 0.00000218. The van der Waals surface area contributed by atoms with E-state index in [0.29, 0.717) is 6.61 Å². The average molecular weight is 422 g/mol. The summed E-state index contributed by atoms with van der Waals surface area (Å²) in [6, 6.07) is 6.03. The van der Waals surface area contributed by atoms with Crippen LogP contribution in [0.4, 0.5) is 5.82 Å². The number of fused-ring (bicyclic) bond motifs is 2. The van der Waals surface area contributed by atoms with Gasteiger partial charge in [0.25, 0.3) is 0 Å². The molecule has 5 heterocycles. The van der Waals surface area contributed by atoms with Gasteiger partial charge in [0.1, 0.15) is 17.9 Å². The molecule has 4 aromatic heterocycles. The predicted molar refractivity (Wildman–Crippen MR) is 120 cm³/mol. The standard InChI is InChI=1S/C21H21N7O.H2S/c1-13(16-3-5-22-17-4-6-29-20(16)17)9-23-19-8-18(25-12-26-19)14-7-15-11-27-28(2)21(15)24-10-14;/h3,5,7-8,10-13H,4,6,9H2,1-2H3,(H,23,25,26);1H2/t13-;/m1./s1. The second-order valence-corrected chi connectivity index (χ2v) is 7.25. The first kappa shape index (κ1) is 20.1. The minimum Gasteiger partial charge on any atom is -0.491 e. The van der Waals surface area contributed by atoms with Crippen LogP contribution in [-0.4, -0.2) is 42.9 Å². The zero-order chi connectivity index (χ0) is 19.8. The molecule has 1 N–H and O–H groups in total. The first-order valence-electron chi connectivity index (χ1n) is 9.63. The van der Waals surface area contributed by atoms with Gasteiger partial charge in [-0.3, -0.25) is 9.67 Å². The minimum absolute atomic E-state index is 0. The first-order valence-corrected chi connectivity index (χ1v) is 9.63. The van der Waals surface area contributed by atoms with E-state index < -0.39 is 0 Å². The molecule has 0 aromatic carbocycles. The van der Waals surface area contributed by atoms with Crippen LogP contribution in [0.1, 0.15) is 24.1 Å². The Bertz CT molecular complexity index is 1190. The zero-order valence-electron chi connectivity index (χ0n) is 16.8. The number of aryl methyl sites for hydroxylation is 1. The monoisotopic (exact) mass is 421 g/mol. The van der Waals surface area contributed by atoms with Crippen molar-refractivity contribution >= 4 is 30.3 Å². The molecule has 0 saturated carbocycles. The van der Waals surface area contributed by atoms with Gasteiger partial charge in [-0.15, -0.1) is 0 Å². The second-order valence-electron chi connectivity index (χ2n) is 7.25. The van der Waals surface area contributed by atoms with Gasteiger partial charge in [-0.2, -0.15) is 18.6 Å². The van der Waals surface area contributed by atoms with Crippen LogP contribution >= 0.6 is 13.5 Å². The molecule has 0 amide bonds. The van der Waals surface area contributed by atoms with Gasteiger partial charge in [-0.25, -0.2) is 15.0 Å². The number of nitrogens with one attached hydrogen (secondary N) is 1. The van der Waals surface area contributed by atoms with Crippen molar-refractivity contribution in [2.75, 3.05) is 18.5 Å². The highest BCUT2D eigenvalue weighted by molar-refractivity contribution is 7.59. The molecule has 0 spiro atoms. The lowest BCUT2D eigenvalue weighted by Crippen LogP contribution is -2.12. The molecule has 0 fully saturated rings. The molecule has 1 aliphatic rings. The predicted octanol–water partition coefficient (Wildman–Crippen LogP) is 3.08. The molecule has 5 rings (SSSR count). The van der Waals surface area contributed by atoms with Gasteiger partial charge in [0, 0.05) is 60.9 Å². The second kappa shape index (κ2) is 8.27. The Morgan fingerprint density at radius 1 is 1.17 bits per heavy atom. The molecule has 1 aliphatic heterocycles. The maximum atomic E-state index is 5.79. The van der Waals surface area contributed by atoms with Crippen LogP contribution in [0.25, 0.3) is 22.3 Å². The summed E-state index contributed by atoms with van der Waals surface area (Å²) in [6.07, 6.45) is 7.94. The van der Waals surface area contributed by atoms with Gasteiger partial charge in [-0.05, 0) is 12.1 Å². The highest BCUT2D eigenvalue weighted by atomic mass is 32.1. The summed E-state index contributed by atoms with van der Waals surface area (Å²) in [5, 5.41) is 8.65. The minimum atomic E-state index is 0. The van der Waals surface area contributed by atoms with Crippen LogP contribution in [0.3, 0.4) is 0 Å². The lowest BCUT2D eigenvalue weighted by molar-refractivity contribution is 0.352. The van der Waals surface area contributed by atoms with Crippen LogP contribution in [0.5, 0.6) is 5.75 Å². The van der Waals surface area contributed by atoms with E-state index >= 15 is 0 Å². The molecule has 0 saturated heterocycles. The molecule has 9 heteroatoms. The smallest absolute Gasteiger partial charge is 0.157 e. The summed E-state index contributed by atoms with van der Waals surface area (Å²) in [5.74, 6) is 1.98. The quantitative estimate of drug-likeness (QED) is 0.529. The summed E-state index contributed by atoms with van der Waals surface area (Å²) < 4.78 is 7.54. The van der Waals surface area contributed by atoms with E-state index in [1.165, 1.54) is 5.56 Å². The van der Waals surface area contributed by atoms with Crippen LogP contribution in [0, 0.1) is 0 Å². The highest BCUT2D eigenvalue weighted by Crippen LogP contribution is 2.33. The number of rotatable bonds is 5. The lowest BCUT2D eigenvalue weighted by atomic mass is 10.00. The van der Waals surface area contributed by atoms with E-state index in [9.17, 15) is 0 Å². The molecule has 0 unspecified atom stereocenters. The van der Waals surface area contributed by atoms with Crippen molar-refractivity contribution in [2.45, 2.75) is 19.3 Å². The van der Waals surface area contributed by atoms with Crippen molar-refractivity contribution in [3.05, 3.63) is 54.4 Å². The van der Waals surface area contributed by atoms with E-state index in [4.69, 9.17) is 4.74 Å². The normalized spacial score (nSPS) is 13.4. The van der Waals surface area contributed by atoms with Gasteiger partial charge in [0.2, 0.25) is 0 Å². The summed E-state index contributed by atoms with van der Waals surface area (Å²) in [6.45, 7) is 3.62. The fourth-order valence-electron chi connectivity index (χ4n) is 3.65. The lowest BCUT2D eigenvalue weighted by Gasteiger charge is -2.16. The van der Waals surface area contributed by atoms with E-state index in [0.717, 1.165) is 52.5 Å². The molecular weight excluding hydrogens is 398 g/mol. The molecule has 1 atom stereocenters. The number of pyridine rings is 2. The molecule has 0 radical (unpaired) electrons. The largest absolute Gasteiger partial charge is 0.491 e. The van der Waals surface area contributed by atoms with E-state index in [1.807, 2.05) is 43.8 Å². The third-order valence-electron chi connectivity index (χ3n) is 5.25. The Labute approximate surface area is 181 Å². The Morgan fingerprint density at radius 3 is 2.97 bits per heavy atom. The van der Waals surface area contributed by atoms with Crippen molar-refractivity contribution in [2.24, 2.45) is 7.05 Å². The maximum Gasteiger partial charge on any atom is 0.157 e. The van der Waals surface area contributed by atoms with Crippen LogP contribution in [0.2, 0.25) is 0 Å². The topological polar surface area (TPSA) is 90.6 Å². The highest BCUT2D eigenvalue weighted by Gasteiger charge is 2.20. The van der Waals surface area contributed by atoms with Crippen molar-refractivity contribution in [3.63, 3.8) is 0 Å². The van der Waals surface area contributed by atoms with Crippen LogP contribution in [0.15, 0.2) is 43.1 Å². The first-order chi connectivity index (χ1) is 14.2. The third-order valence-corrected chi connectivity index (χ3v) is 5.25. The van der Waals surface area contributed by atoms with Gasteiger partial charge in [-0.1, -0.05) is 6.92 Å². The Morgan fingerprint density at radius 2 is 2.07 bits per heavy atom. The van der Waals surface area contributed by atoms with Crippen molar-refractivity contribution < 1.29 is 4.74 Å². The number of anilines is 1.